The summed E-state index contributed by atoms with van der Waals surface area (Å²) < 4.78 is 52.6. The Balaban J connectivity index is 1.65. The topological polar surface area (TPSA) is 100 Å². The molecule has 0 aliphatic carbocycles. The van der Waals surface area contributed by atoms with Gasteiger partial charge in [-0.3, -0.25) is 14.9 Å². The minimum absolute atomic E-state index is 0.0259. The van der Waals surface area contributed by atoms with Gasteiger partial charge in [0, 0.05) is 5.56 Å². The van der Waals surface area contributed by atoms with Gasteiger partial charge in [0.25, 0.3) is 11.8 Å². The number of benzene rings is 2. The quantitative estimate of drug-likeness (QED) is 0.373. The van der Waals surface area contributed by atoms with Crippen LogP contribution >= 0.6 is 11.3 Å². The maximum Gasteiger partial charge on any atom is 0.416 e. The van der Waals surface area contributed by atoms with Crippen LogP contribution in [0.3, 0.4) is 0 Å². The summed E-state index contributed by atoms with van der Waals surface area (Å²) in [5.41, 5.74) is -0.262. The summed E-state index contributed by atoms with van der Waals surface area (Å²) in [5, 5.41) is 7.25. The first-order valence-corrected chi connectivity index (χ1v) is 10.7. The third kappa shape index (κ3) is 4.23. The molecule has 1 aliphatic rings. The lowest BCUT2D eigenvalue weighted by molar-refractivity contribution is -0.137. The van der Waals surface area contributed by atoms with Gasteiger partial charge in [0.2, 0.25) is 0 Å². The predicted octanol–water partition coefficient (Wildman–Crippen LogP) is 3.74. The summed E-state index contributed by atoms with van der Waals surface area (Å²) in [7, 11) is 0. The van der Waals surface area contributed by atoms with Crippen molar-refractivity contribution in [2.75, 3.05) is 6.54 Å². The average Bonchev–Trinajstić information content (AvgIpc) is 3.33. The Hall–Kier alpha value is -3.80. The fourth-order valence-electron chi connectivity index (χ4n) is 3.67. The monoisotopic (exact) mass is 492 g/mol. The third-order valence-corrected chi connectivity index (χ3v) is 6.43. The van der Waals surface area contributed by atoms with Gasteiger partial charge in [-0.25, -0.2) is 14.2 Å². The number of alkyl halides is 3. The Morgan fingerprint density at radius 3 is 2.41 bits per heavy atom. The number of aromatic nitrogens is 1. The summed E-state index contributed by atoms with van der Waals surface area (Å²) in [4.78, 5) is 42.1. The van der Waals surface area contributed by atoms with Gasteiger partial charge >= 0.3 is 12.2 Å². The van der Waals surface area contributed by atoms with E-state index < -0.39 is 40.9 Å². The van der Waals surface area contributed by atoms with Crippen molar-refractivity contribution >= 4 is 29.2 Å². The van der Waals surface area contributed by atoms with Crippen molar-refractivity contribution in [2.24, 2.45) is 0 Å². The minimum Gasteiger partial charge on any atom is -0.349 e. The molecule has 0 saturated carbocycles. The number of carbonyl (C=O) groups excluding carboxylic acids is 3. The number of hydrogen-bond acceptors (Lipinski definition) is 5. The number of urea groups is 1. The Kier molecular flexibility index (Phi) is 5.86. The number of nitrogens with zero attached hydrogens (tertiary/aromatic N) is 1. The summed E-state index contributed by atoms with van der Waals surface area (Å²) in [5.74, 6) is -2.08. The molecule has 1 atom stereocenters. The third-order valence-electron chi connectivity index (χ3n) is 5.34. The molecule has 3 aromatic rings. The highest BCUT2D eigenvalue weighted by atomic mass is 32.1. The van der Waals surface area contributed by atoms with Crippen LogP contribution in [0.4, 0.5) is 22.4 Å². The molecule has 0 spiro atoms. The molecule has 3 N–H and O–H groups in total. The number of amides is 4. The lowest BCUT2D eigenvalue weighted by Gasteiger charge is -2.26. The second-order valence-corrected chi connectivity index (χ2v) is 8.38. The number of hydrogen-bond donors (Lipinski definition) is 3. The lowest BCUT2D eigenvalue weighted by atomic mass is 9.95. The van der Waals surface area contributed by atoms with E-state index in [2.05, 4.69) is 20.9 Å². The van der Waals surface area contributed by atoms with Crippen LogP contribution in [0.5, 0.6) is 0 Å². The van der Waals surface area contributed by atoms with E-state index in [1.807, 2.05) is 0 Å². The van der Waals surface area contributed by atoms with Gasteiger partial charge in [-0.1, -0.05) is 12.1 Å². The van der Waals surface area contributed by atoms with E-state index in [0.717, 1.165) is 47.7 Å². The molecule has 2 heterocycles. The second-order valence-electron chi connectivity index (χ2n) is 7.53. The molecule has 1 saturated heterocycles. The predicted molar refractivity (Wildman–Crippen MR) is 114 cm³/mol. The molecule has 1 aliphatic heterocycles. The van der Waals surface area contributed by atoms with Crippen LogP contribution in [0.1, 0.15) is 26.5 Å². The molecular formula is C22H16F4N4O3S. The lowest BCUT2D eigenvalue weighted by Crippen LogP contribution is -2.52. The van der Waals surface area contributed by atoms with Gasteiger partial charge in [0.1, 0.15) is 5.82 Å². The van der Waals surface area contributed by atoms with E-state index in [-0.39, 0.29) is 23.2 Å². The van der Waals surface area contributed by atoms with Gasteiger partial charge in [-0.15, -0.1) is 11.3 Å². The zero-order valence-electron chi connectivity index (χ0n) is 17.4. The van der Waals surface area contributed by atoms with Crippen LogP contribution in [-0.2, 0) is 16.5 Å². The Morgan fingerprint density at radius 1 is 1.15 bits per heavy atom. The van der Waals surface area contributed by atoms with Crippen molar-refractivity contribution in [3.63, 3.8) is 0 Å². The molecule has 4 rings (SSSR count). The van der Waals surface area contributed by atoms with E-state index in [0.29, 0.717) is 10.6 Å². The van der Waals surface area contributed by atoms with Crippen molar-refractivity contribution in [1.82, 2.24) is 20.9 Å². The number of carbonyl (C=O) groups is 3. The summed E-state index contributed by atoms with van der Waals surface area (Å²) in [6, 6.07) is 6.47. The molecule has 0 radical (unpaired) electrons. The second kappa shape index (κ2) is 8.52. The normalized spacial score (nSPS) is 17.9. The number of rotatable bonds is 5. The number of imide groups is 1. The fourth-order valence-corrected chi connectivity index (χ4v) is 4.62. The summed E-state index contributed by atoms with van der Waals surface area (Å²) in [6.07, 6.45) is -4.55. The molecule has 2 aromatic carbocycles. The molecule has 1 fully saturated rings. The molecule has 12 heteroatoms. The minimum atomic E-state index is -4.55. The Labute approximate surface area is 194 Å². The fraction of sp³-hybridized carbons (Fsp3) is 0.182. The number of halogens is 4. The highest BCUT2D eigenvalue weighted by molar-refractivity contribution is 7.10. The standard InChI is InChI=1S/C22H16F4N4O3S/c1-11-17(34-10-28-11)21(19(32)29-20(33)30-21)9-27-18(31)15-7-6-14(23)8-16(15)12-2-4-13(5-3-12)22(24,25)26/h2-8,10H,9H2,1H3,(H,27,31)(H2,29,30,32,33). The number of thiazole rings is 1. The first-order valence-electron chi connectivity index (χ1n) is 9.81. The van der Waals surface area contributed by atoms with Crippen molar-refractivity contribution < 1.29 is 31.9 Å². The van der Waals surface area contributed by atoms with Crippen molar-refractivity contribution in [1.29, 1.82) is 0 Å². The van der Waals surface area contributed by atoms with E-state index in [1.54, 1.807) is 6.92 Å². The van der Waals surface area contributed by atoms with Crippen molar-refractivity contribution in [2.45, 2.75) is 18.6 Å². The van der Waals surface area contributed by atoms with Crippen molar-refractivity contribution in [3.05, 3.63) is 75.5 Å². The first-order chi connectivity index (χ1) is 16.0. The van der Waals surface area contributed by atoms with Crippen molar-refractivity contribution in [3.8, 4) is 11.1 Å². The Bertz CT molecular complexity index is 1290. The largest absolute Gasteiger partial charge is 0.416 e. The molecule has 176 valence electrons. The molecular weight excluding hydrogens is 476 g/mol. The summed E-state index contributed by atoms with van der Waals surface area (Å²) in [6.45, 7) is 1.31. The van der Waals surface area contributed by atoms with Crippen LogP contribution in [0.25, 0.3) is 11.1 Å². The SMILES string of the molecule is Cc1ncsc1C1(CNC(=O)c2ccc(F)cc2-c2ccc(C(F)(F)F)cc2)NC(=O)NC1=O. The van der Waals surface area contributed by atoms with Gasteiger partial charge in [-0.2, -0.15) is 13.2 Å². The van der Waals surface area contributed by atoms with Crippen LogP contribution in [-0.4, -0.2) is 29.4 Å². The van der Waals surface area contributed by atoms with Crippen LogP contribution in [0, 0.1) is 12.7 Å². The van der Waals surface area contributed by atoms with E-state index in [1.165, 1.54) is 11.6 Å². The van der Waals surface area contributed by atoms with Gasteiger partial charge < -0.3 is 10.6 Å². The Morgan fingerprint density at radius 2 is 1.85 bits per heavy atom. The van der Waals surface area contributed by atoms with E-state index >= 15 is 0 Å². The van der Waals surface area contributed by atoms with Crippen LogP contribution < -0.4 is 16.0 Å². The maximum absolute atomic E-state index is 14.0. The molecule has 34 heavy (non-hydrogen) atoms. The zero-order chi connectivity index (χ0) is 24.7. The summed E-state index contributed by atoms with van der Waals surface area (Å²) >= 11 is 1.12. The smallest absolute Gasteiger partial charge is 0.349 e. The van der Waals surface area contributed by atoms with Gasteiger partial charge in [0.15, 0.2) is 5.54 Å². The molecule has 1 unspecified atom stereocenters. The highest BCUT2D eigenvalue weighted by Gasteiger charge is 2.50. The van der Waals surface area contributed by atoms with Gasteiger partial charge in [-0.05, 0) is 48.4 Å². The van der Waals surface area contributed by atoms with Gasteiger partial charge in [0.05, 0.1) is 28.2 Å². The van der Waals surface area contributed by atoms with Crippen LogP contribution in [0.15, 0.2) is 48.0 Å². The zero-order valence-corrected chi connectivity index (χ0v) is 18.2. The number of aryl methyl sites for hydroxylation is 1. The van der Waals surface area contributed by atoms with E-state index in [4.69, 9.17) is 0 Å². The molecule has 0 bridgehead atoms. The average molecular weight is 492 g/mol. The molecule has 7 nitrogen and oxygen atoms in total. The number of nitrogens with one attached hydrogen (secondary N) is 3. The molecule has 1 aromatic heterocycles. The maximum atomic E-state index is 14.0. The van der Waals surface area contributed by atoms with Crippen LogP contribution in [0.2, 0.25) is 0 Å². The van der Waals surface area contributed by atoms with E-state index in [9.17, 15) is 31.9 Å². The highest BCUT2D eigenvalue weighted by Crippen LogP contribution is 2.33. The molecule has 4 amide bonds. The first kappa shape index (κ1) is 23.4.